The summed E-state index contributed by atoms with van der Waals surface area (Å²) in [5.41, 5.74) is 0. The molecule has 0 spiro atoms. The zero-order valence-electron chi connectivity index (χ0n) is 19.5. The van der Waals surface area contributed by atoms with Crippen molar-refractivity contribution < 1.29 is 69.5 Å². The zero-order valence-corrected chi connectivity index (χ0v) is 23.4. The molecule has 0 aromatic rings. The van der Waals surface area contributed by atoms with Gasteiger partial charge in [0.2, 0.25) is 0 Å². The van der Waals surface area contributed by atoms with Gasteiger partial charge in [0.15, 0.2) is 0 Å². The maximum absolute atomic E-state index is 10.5. The summed E-state index contributed by atoms with van der Waals surface area (Å²) in [7, 11) is -4.06. The first-order chi connectivity index (χ1) is 13.5. The van der Waals surface area contributed by atoms with Gasteiger partial charge in [-0.1, -0.05) is 116 Å². The average molecular weight is 459 g/mol. The number of hydrogen-bond acceptors (Lipinski definition) is 4. The first kappa shape index (κ1) is 32.7. The van der Waals surface area contributed by atoms with Crippen LogP contribution in [0.2, 0.25) is 0 Å². The minimum Gasteiger partial charge on any atom is -0.748 e. The van der Waals surface area contributed by atoms with Crippen molar-refractivity contribution in [3.63, 3.8) is 0 Å². The smallest absolute Gasteiger partial charge is 0.748 e. The number of aliphatic hydroxyl groups is 1. The molecular weight excluding hydrogens is 411 g/mol. The Morgan fingerprint density at radius 3 is 1.28 bits per heavy atom. The summed E-state index contributed by atoms with van der Waals surface area (Å²) in [5.74, 6) is -0.255. The Balaban J connectivity index is 0. The van der Waals surface area contributed by atoms with E-state index in [1.165, 1.54) is 83.5 Å². The fourth-order valence-electron chi connectivity index (χ4n) is 3.73. The maximum Gasteiger partial charge on any atom is 1.00 e. The summed E-state index contributed by atoms with van der Waals surface area (Å²) >= 11 is 0. The van der Waals surface area contributed by atoms with Crippen LogP contribution in [0, 0.1) is 0 Å². The SMILES string of the molecule is CCCCCCCCCCCCCCCCC(O)CCCCCCS(=O)(=O)[O-].[K+]. The van der Waals surface area contributed by atoms with E-state index in [1.807, 2.05) is 0 Å². The van der Waals surface area contributed by atoms with E-state index in [9.17, 15) is 18.1 Å². The normalized spacial score (nSPS) is 12.7. The van der Waals surface area contributed by atoms with Crippen LogP contribution in [0.4, 0.5) is 0 Å². The fraction of sp³-hybridized carbons (Fsp3) is 1.00. The molecule has 6 heteroatoms. The van der Waals surface area contributed by atoms with Crippen molar-refractivity contribution >= 4 is 10.1 Å². The molecule has 0 aliphatic carbocycles. The number of unbranched alkanes of at least 4 members (excludes halogenated alkanes) is 16. The second-order valence-corrected chi connectivity index (χ2v) is 10.0. The Hall–Kier alpha value is 1.51. The molecule has 1 unspecified atom stereocenters. The third-order valence-electron chi connectivity index (χ3n) is 5.57. The molecule has 1 atom stereocenters. The summed E-state index contributed by atoms with van der Waals surface area (Å²) in [4.78, 5) is 0. The monoisotopic (exact) mass is 458 g/mol. The van der Waals surface area contributed by atoms with Gasteiger partial charge in [0.25, 0.3) is 0 Å². The van der Waals surface area contributed by atoms with Crippen LogP contribution in [0.5, 0.6) is 0 Å². The molecule has 0 aromatic heterocycles. The van der Waals surface area contributed by atoms with Gasteiger partial charge >= 0.3 is 51.4 Å². The van der Waals surface area contributed by atoms with Crippen molar-refractivity contribution in [3.8, 4) is 0 Å². The molecule has 1 N–H and O–H groups in total. The van der Waals surface area contributed by atoms with Gasteiger partial charge < -0.3 is 9.66 Å². The van der Waals surface area contributed by atoms with E-state index >= 15 is 0 Å². The van der Waals surface area contributed by atoms with Crippen LogP contribution >= 0.6 is 0 Å². The molecule has 0 bridgehead atoms. The van der Waals surface area contributed by atoms with Crippen LogP contribution in [-0.2, 0) is 10.1 Å². The molecule has 0 aliphatic heterocycles. The van der Waals surface area contributed by atoms with E-state index in [1.54, 1.807) is 0 Å². The summed E-state index contributed by atoms with van der Waals surface area (Å²) in [5, 5.41) is 9.98. The molecule has 0 saturated carbocycles. The van der Waals surface area contributed by atoms with Gasteiger partial charge in [-0.25, -0.2) is 8.42 Å². The minimum absolute atomic E-state index is 0. The molecule has 0 amide bonds. The van der Waals surface area contributed by atoms with Gasteiger partial charge in [-0.15, -0.1) is 0 Å². The molecule has 29 heavy (non-hydrogen) atoms. The summed E-state index contributed by atoms with van der Waals surface area (Å²) in [6, 6.07) is 0. The van der Waals surface area contributed by atoms with Crippen molar-refractivity contribution in [1.29, 1.82) is 0 Å². The maximum atomic E-state index is 10.5. The minimum atomic E-state index is -4.06. The molecule has 0 aliphatic rings. The van der Waals surface area contributed by atoms with Crippen LogP contribution in [-0.4, -0.2) is 29.9 Å². The molecule has 170 valence electrons. The predicted molar refractivity (Wildman–Crippen MR) is 119 cm³/mol. The first-order valence-electron chi connectivity index (χ1n) is 12.1. The summed E-state index contributed by atoms with van der Waals surface area (Å²) in [6.45, 7) is 2.27. The Morgan fingerprint density at radius 2 is 0.931 bits per heavy atom. The van der Waals surface area contributed by atoms with Crippen molar-refractivity contribution in [3.05, 3.63) is 0 Å². The number of rotatable bonds is 22. The van der Waals surface area contributed by atoms with Crippen LogP contribution in [0.25, 0.3) is 0 Å². The second kappa shape index (κ2) is 24.2. The zero-order chi connectivity index (χ0) is 20.9. The third kappa shape index (κ3) is 29.5. The molecule has 4 nitrogen and oxygen atoms in total. The van der Waals surface area contributed by atoms with Gasteiger partial charge in [0.05, 0.1) is 16.2 Å². The Morgan fingerprint density at radius 1 is 0.621 bits per heavy atom. The van der Waals surface area contributed by atoms with Crippen LogP contribution in [0.15, 0.2) is 0 Å². The molecule has 0 saturated heterocycles. The number of hydrogen-bond donors (Lipinski definition) is 1. The summed E-state index contributed by atoms with van der Waals surface area (Å²) < 4.78 is 31.5. The van der Waals surface area contributed by atoms with Crippen LogP contribution < -0.4 is 51.4 Å². The third-order valence-corrected chi connectivity index (χ3v) is 6.36. The van der Waals surface area contributed by atoms with Gasteiger partial charge in [-0.05, 0) is 19.3 Å². The van der Waals surface area contributed by atoms with E-state index < -0.39 is 10.1 Å². The number of aliphatic hydroxyl groups excluding tert-OH is 1. The van der Waals surface area contributed by atoms with Crippen LogP contribution in [0.3, 0.4) is 0 Å². The fourth-order valence-corrected chi connectivity index (χ4v) is 4.29. The topological polar surface area (TPSA) is 77.4 Å². The average Bonchev–Trinajstić information content (AvgIpc) is 2.64. The predicted octanol–water partition coefficient (Wildman–Crippen LogP) is 3.72. The van der Waals surface area contributed by atoms with E-state index in [-0.39, 0.29) is 63.2 Å². The van der Waals surface area contributed by atoms with Gasteiger partial charge in [-0.2, -0.15) is 0 Å². The van der Waals surface area contributed by atoms with Gasteiger partial charge in [-0.3, -0.25) is 0 Å². The molecule has 0 heterocycles. The van der Waals surface area contributed by atoms with E-state index in [0.29, 0.717) is 6.42 Å². The van der Waals surface area contributed by atoms with Gasteiger partial charge in [0, 0.05) is 5.75 Å². The molecule has 0 aromatic carbocycles. The molecule has 0 rings (SSSR count). The van der Waals surface area contributed by atoms with E-state index in [2.05, 4.69) is 6.92 Å². The van der Waals surface area contributed by atoms with Crippen molar-refractivity contribution in [2.24, 2.45) is 0 Å². The first-order valence-corrected chi connectivity index (χ1v) is 13.6. The van der Waals surface area contributed by atoms with Crippen molar-refractivity contribution in [1.82, 2.24) is 0 Å². The largest absolute Gasteiger partial charge is 1.00 e. The molecule has 0 fully saturated rings. The molecular formula is C23H47KO4S. The Kier molecular flexibility index (Phi) is 27.2. The van der Waals surface area contributed by atoms with Gasteiger partial charge in [0.1, 0.15) is 0 Å². The van der Waals surface area contributed by atoms with E-state index in [0.717, 1.165) is 38.5 Å². The van der Waals surface area contributed by atoms with Crippen LogP contribution in [0.1, 0.15) is 135 Å². The Bertz CT molecular complexity index is 415. The van der Waals surface area contributed by atoms with Crippen molar-refractivity contribution in [2.75, 3.05) is 5.75 Å². The summed E-state index contributed by atoms with van der Waals surface area (Å²) in [6.07, 6.45) is 23.4. The quantitative estimate of drug-likeness (QED) is 0.152. The molecule has 0 radical (unpaired) electrons. The van der Waals surface area contributed by atoms with E-state index in [4.69, 9.17) is 0 Å². The van der Waals surface area contributed by atoms with Crippen molar-refractivity contribution in [2.45, 2.75) is 141 Å². The second-order valence-electron chi connectivity index (χ2n) is 8.50. The standard InChI is InChI=1S/C23H48O4S.K/c1-2-3-4-5-6-7-8-9-10-11-12-13-14-17-20-23(24)21-18-15-16-19-22-28(25,26)27;/h23-24H,2-22H2,1H3,(H,25,26,27);/q;+1/p-1. The Labute approximate surface area is 224 Å².